The van der Waals surface area contributed by atoms with Gasteiger partial charge in [0, 0.05) is 12.3 Å². The number of carbonyl (C=O) groups is 1. The fourth-order valence-corrected chi connectivity index (χ4v) is 8.08. The van der Waals surface area contributed by atoms with Crippen LogP contribution in [0.1, 0.15) is 85.5 Å². The molecule has 3 saturated carbocycles. The van der Waals surface area contributed by atoms with Crippen LogP contribution in [-0.4, -0.2) is 21.8 Å². The van der Waals surface area contributed by atoms with Crippen LogP contribution in [0.4, 0.5) is 0 Å². The van der Waals surface area contributed by atoms with Crippen LogP contribution in [0.25, 0.3) is 0 Å². The molecule has 27 heavy (non-hydrogen) atoms. The van der Waals surface area contributed by atoms with Crippen molar-refractivity contribution >= 4 is 5.78 Å². The number of allylic oxidation sites excluding steroid dienone is 1. The lowest BCUT2D eigenvalue weighted by molar-refractivity contribution is -0.244. The highest BCUT2D eigenvalue weighted by molar-refractivity contribution is 5.91. The maximum Gasteiger partial charge on any atom is 0.165 e. The average molecular weight is 375 g/mol. The summed E-state index contributed by atoms with van der Waals surface area (Å²) in [5.74, 6) is 0.666. The quantitative estimate of drug-likeness (QED) is 0.694. The zero-order valence-electron chi connectivity index (χ0n) is 17.6. The molecule has 3 fully saturated rings. The lowest BCUT2D eigenvalue weighted by Gasteiger charge is -2.62. The van der Waals surface area contributed by atoms with E-state index in [1.165, 1.54) is 37.7 Å². The first-order valence-corrected chi connectivity index (χ1v) is 11.4. The molecule has 152 valence electrons. The first-order chi connectivity index (χ1) is 12.7. The Morgan fingerprint density at radius 1 is 1.11 bits per heavy atom. The Bertz CT molecular complexity index is 650. The van der Waals surface area contributed by atoms with E-state index >= 15 is 0 Å². The standard InChI is InChI=1S/C24H38O3/c1-5-15-7-8-18-21-19(10-12-22(15,18)3)23(4)11-9-17(25)13-16(23)14-20(21)24(26,27)6-2/h13,15,18-21,26-27H,5-12,14H2,1-4H3/t15-,18-,19-,20?,21-,22+,23-/m0/s1. The van der Waals surface area contributed by atoms with Crippen LogP contribution in [-0.2, 0) is 4.79 Å². The van der Waals surface area contributed by atoms with Crippen molar-refractivity contribution < 1.29 is 15.0 Å². The molecular formula is C24H38O3. The Hall–Kier alpha value is -0.670. The van der Waals surface area contributed by atoms with Gasteiger partial charge in [0.05, 0.1) is 0 Å². The van der Waals surface area contributed by atoms with Gasteiger partial charge in [-0.05, 0) is 85.5 Å². The predicted molar refractivity (Wildman–Crippen MR) is 107 cm³/mol. The number of fused-ring (bicyclic) bond motifs is 5. The smallest absolute Gasteiger partial charge is 0.165 e. The van der Waals surface area contributed by atoms with Crippen molar-refractivity contribution in [2.75, 3.05) is 0 Å². The zero-order valence-corrected chi connectivity index (χ0v) is 17.6. The summed E-state index contributed by atoms with van der Waals surface area (Å²) < 4.78 is 0. The number of ketones is 1. The molecule has 0 aromatic carbocycles. The normalized spacial score (nSPS) is 47.1. The van der Waals surface area contributed by atoms with E-state index < -0.39 is 5.79 Å². The van der Waals surface area contributed by atoms with E-state index in [0.717, 1.165) is 12.3 Å². The Balaban J connectivity index is 1.80. The van der Waals surface area contributed by atoms with E-state index in [4.69, 9.17) is 0 Å². The summed E-state index contributed by atoms with van der Waals surface area (Å²) in [5.41, 5.74) is 1.63. The van der Waals surface area contributed by atoms with Crippen molar-refractivity contribution in [3.05, 3.63) is 11.6 Å². The monoisotopic (exact) mass is 374 g/mol. The van der Waals surface area contributed by atoms with E-state index in [2.05, 4.69) is 20.8 Å². The summed E-state index contributed by atoms with van der Waals surface area (Å²) in [6, 6.07) is 0. The second-order valence-electron chi connectivity index (χ2n) is 10.6. The summed E-state index contributed by atoms with van der Waals surface area (Å²) in [4.78, 5) is 12.2. The third-order valence-electron chi connectivity index (χ3n) is 9.82. The molecule has 0 amide bonds. The molecule has 0 aromatic rings. The molecule has 0 spiro atoms. The Morgan fingerprint density at radius 2 is 1.85 bits per heavy atom. The number of hydrogen-bond acceptors (Lipinski definition) is 3. The molecule has 0 saturated heterocycles. The highest BCUT2D eigenvalue weighted by Gasteiger charge is 2.63. The first-order valence-electron chi connectivity index (χ1n) is 11.4. The molecule has 0 aliphatic heterocycles. The van der Waals surface area contributed by atoms with Crippen LogP contribution in [0.5, 0.6) is 0 Å². The molecule has 2 N–H and O–H groups in total. The summed E-state index contributed by atoms with van der Waals surface area (Å²) in [6.45, 7) is 9.07. The maximum absolute atomic E-state index is 12.2. The second-order valence-corrected chi connectivity index (χ2v) is 10.6. The third kappa shape index (κ3) is 2.71. The minimum absolute atomic E-state index is 0.0739. The highest BCUT2D eigenvalue weighted by atomic mass is 16.5. The third-order valence-corrected chi connectivity index (χ3v) is 9.82. The van der Waals surface area contributed by atoms with Crippen molar-refractivity contribution in [2.24, 2.45) is 40.4 Å². The Morgan fingerprint density at radius 3 is 2.52 bits per heavy atom. The molecule has 4 rings (SSSR count). The van der Waals surface area contributed by atoms with Gasteiger partial charge >= 0.3 is 0 Å². The number of aliphatic hydroxyl groups is 2. The van der Waals surface area contributed by atoms with Crippen molar-refractivity contribution in [1.82, 2.24) is 0 Å². The van der Waals surface area contributed by atoms with Gasteiger partial charge in [0.2, 0.25) is 0 Å². The van der Waals surface area contributed by atoms with Gasteiger partial charge in [0.1, 0.15) is 0 Å². The van der Waals surface area contributed by atoms with Gasteiger partial charge in [0.25, 0.3) is 0 Å². The highest BCUT2D eigenvalue weighted by Crippen LogP contribution is 2.69. The minimum atomic E-state index is -1.63. The van der Waals surface area contributed by atoms with Gasteiger partial charge in [-0.3, -0.25) is 4.79 Å². The SMILES string of the molecule is CC[C@H]1CC[C@H]2[C@@H]3C(C(O)(O)CC)CC4=CC(=O)CC[C@]4(C)[C@H]3CC[C@]12C. The average Bonchev–Trinajstić information content (AvgIpc) is 2.98. The van der Waals surface area contributed by atoms with Crippen LogP contribution in [0.15, 0.2) is 11.6 Å². The van der Waals surface area contributed by atoms with Gasteiger partial charge in [-0.25, -0.2) is 0 Å². The number of rotatable bonds is 3. The first kappa shape index (κ1) is 19.6. The number of hydrogen-bond donors (Lipinski definition) is 2. The van der Waals surface area contributed by atoms with Crippen LogP contribution < -0.4 is 0 Å². The molecule has 0 bridgehead atoms. The number of carbonyl (C=O) groups excluding carboxylic acids is 1. The molecule has 0 aromatic heterocycles. The van der Waals surface area contributed by atoms with E-state index in [1.54, 1.807) is 0 Å². The van der Waals surface area contributed by atoms with E-state index in [9.17, 15) is 15.0 Å². The van der Waals surface area contributed by atoms with E-state index in [1.807, 2.05) is 13.0 Å². The van der Waals surface area contributed by atoms with Gasteiger partial charge in [-0.1, -0.05) is 39.7 Å². The second kappa shape index (κ2) is 6.42. The summed E-state index contributed by atoms with van der Waals surface area (Å²) in [7, 11) is 0. The molecule has 7 atom stereocenters. The zero-order chi connectivity index (χ0) is 19.6. The lowest BCUT2D eigenvalue weighted by Crippen LogP contribution is -2.58. The van der Waals surface area contributed by atoms with Crippen LogP contribution >= 0.6 is 0 Å². The van der Waals surface area contributed by atoms with Crippen LogP contribution in [0.2, 0.25) is 0 Å². The maximum atomic E-state index is 12.2. The van der Waals surface area contributed by atoms with Crippen molar-refractivity contribution in [2.45, 2.75) is 91.3 Å². The molecule has 3 nitrogen and oxygen atoms in total. The largest absolute Gasteiger partial charge is 0.365 e. The van der Waals surface area contributed by atoms with E-state index in [-0.39, 0.29) is 17.1 Å². The summed E-state index contributed by atoms with van der Waals surface area (Å²) in [6.07, 6.45) is 10.7. The molecule has 3 heteroatoms. The molecule has 0 heterocycles. The van der Waals surface area contributed by atoms with Crippen LogP contribution in [0, 0.1) is 40.4 Å². The van der Waals surface area contributed by atoms with Crippen LogP contribution in [0.3, 0.4) is 0 Å². The molecule has 4 aliphatic carbocycles. The fraction of sp³-hybridized carbons (Fsp3) is 0.875. The summed E-state index contributed by atoms with van der Waals surface area (Å²) >= 11 is 0. The van der Waals surface area contributed by atoms with E-state index in [0.29, 0.717) is 42.4 Å². The summed E-state index contributed by atoms with van der Waals surface area (Å²) in [5, 5.41) is 22.0. The Labute approximate surface area is 164 Å². The molecule has 4 aliphatic rings. The molecule has 1 unspecified atom stereocenters. The van der Waals surface area contributed by atoms with Gasteiger partial charge in [0.15, 0.2) is 11.6 Å². The molecule has 0 radical (unpaired) electrons. The van der Waals surface area contributed by atoms with Gasteiger partial charge in [-0.15, -0.1) is 0 Å². The minimum Gasteiger partial charge on any atom is -0.365 e. The van der Waals surface area contributed by atoms with Crippen molar-refractivity contribution in [3.63, 3.8) is 0 Å². The van der Waals surface area contributed by atoms with Gasteiger partial charge in [-0.2, -0.15) is 0 Å². The lowest BCUT2D eigenvalue weighted by atomic mass is 9.43. The van der Waals surface area contributed by atoms with Crippen molar-refractivity contribution in [1.29, 1.82) is 0 Å². The van der Waals surface area contributed by atoms with Gasteiger partial charge < -0.3 is 10.2 Å². The molecular weight excluding hydrogens is 336 g/mol. The Kier molecular flexibility index (Phi) is 4.67. The topological polar surface area (TPSA) is 57.5 Å². The predicted octanol–water partition coefficient (Wildman–Crippen LogP) is 4.86. The van der Waals surface area contributed by atoms with Crippen molar-refractivity contribution in [3.8, 4) is 0 Å². The fourth-order valence-electron chi connectivity index (χ4n) is 8.08.